The van der Waals surface area contributed by atoms with E-state index in [1.807, 2.05) is 6.92 Å². The van der Waals surface area contributed by atoms with E-state index >= 15 is 0 Å². The van der Waals surface area contributed by atoms with Crippen molar-refractivity contribution < 1.29 is 18.3 Å². The van der Waals surface area contributed by atoms with E-state index < -0.39 is 13.0 Å². The van der Waals surface area contributed by atoms with Crippen molar-refractivity contribution in [3.05, 3.63) is 0 Å². The quantitative estimate of drug-likeness (QED) is 0.709. The van der Waals surface area contributed by atoms with Gasteiger partial charge in [-0.15, -0.1) is 0 Å². The molecule has 0 aromatic carbocycles. The minimum Gasteiger partial charge on any atom is -0.377 e. The summed E-state index contributed by atoms with van der Waals surface area (Å²) in [5.74, 6) is 0. The van der Waals surface area contributed by atoms with Crippen molar-refractivity contribution in [2.24, 2.45) is 0 Å². The van der Waals surface area contributed by atoms with Crippen molar-refractivity contribution in [2.45, 2.75) is 38.0 Å². The molecule has 1 aliphatic rings. The molecular formula is C9H17F2NO2. The van der Waals surface area contributed by atoms with Gasteiger partial charge in [0.1, 0.15) is 6.61 Å². The van der Waals surface area contributed by atoms with E-state index in [0.29, 0.717) is 0 Å². The van der Waals surface area contributed by atoms with E-state index in [2.05, 4.69) is 5.32 Å². The van der Waals surface area contributed by atoms with Crippen molar-refractivity contribution in [3.63, 3.8) is 0 Å². The molecule has 0 aliphatic heterocycles. The molecule has 1 fully saturated rings. The third-order valence-electron chi connectivity index (χ3n) is 2.42. The molecule has 0 amide bonds. The number of rotatable bonds is 6. The Morgan fingerprint density at radius 2 is 2.21 bits per heavy atom. The van der Waals surface area contributed by atoms with Gasteiger partial charge in [0, 0.05) is 13.2 Å². The summed E-state index contributed by atoms with van der Waals surface area (Å²) in [5, 5.41) is 3.21. The molecule has 0 heterocycles. The van der Waals surface area contributed by atoms with E-state index in [9.17, 15) is 8.78 Å². The number of hydrogen-bond acceptors (Lipinski definition) is 3. The molecule has 1 N–H and O–H groups in total. The predicted octanol–water partition coefficient (Wildman–Crippen LogP) is 1.03. The largest absolute Gasteiger partial charge is 0.377 e. The van der Waals surface area contributed by atoms with E-state index in [4.69, 9.17) is 9.47 Å². The first kappa shape index (κ1) is 11.8. The molecule has 3 unspecified atom stereocenters. The summed E-state index contributed by atoms with van der Waals surface area (Å²) in [6, 6.07) is 0.243. The van der Waals surface area contributed by atoms with Gasteiger partial charge in [0.05, 0.1) is 12.2 Å². The van der Waals surface area contributed by atoms with Crippen LogP contribution >= 0.6 is 0 Å². The lowest BCUT2D eigenvalue weighted by Gasteiger charge is -2.43. The number of hydrogen-bond donors (Lipinski definition) is 1. The first-order valence-corrected chi connectivity index (χ1v) is 4.85. The lowest BCUT2D eigenvalue weighted by atomic mass is 9.85. The van der Waals surface area contributed by atoms with Crippen molar-refractivity contribution in [1.29, 1.82) is 0 Å². The molecule has 14 heavy (non-hydrogen) atoms. The van der Waals surface area contributed by atoms with E-state index in [-0.39, 0.29) is 18.2 Å². The maximum Gasteiger partial charge on any atom is 0.261 e. The van der Waals surface area contributed by atoms with Crippen LogP contribution in [0.5, 0.6) is 0 Å². The normalized spacial score (nSPS) is 31.9. The Kier molecular flexibility index (Phi) is 4.71. The monoisotopic (exact) mass is 209 g/mol. The molecule has 0 spiro atoms. The highest BCUT2D eigenvalue weighted by molar-refractivity contribution is 4.96. The Morgan fingerprint density at radius 1 is 1.50 bits per heavy atom. The van der Waals surface area contributed by atoms with Gasteiger partial charge in [-0.2, -0.15) is 0 Å². The van der Waals surface area contributed by atoms with Crippen LogP contribution < -0.4 is 5.32 Å². The molecule has 0 aromatic heterocycles. The van der Waals surface area contributed by atoms with Gasteiger partial charge in [0.15, 0.2) is 0 Å². The summed E-state index contributed by atoms with van der Waals surface area (Å²) in [6.07, 6.45) is -1.92. The van der Waals surface area contributed by atoms with Crippen molar-refractivity contribution in [2.75, 3.05) is 20.3 Å². The van der Waals surface area contributed by atoms with Crippen LogP contribution in [0.2, 0.25) is 0 Å². The number of nitrogens with one attached hydrogen (secondary N) is 1. The molecule has 5 heteroatoms. The Hall–Kier alpha value is -0.260. The minimum atomic E-state index is -2.40. The lowest BCUT2D eigenvalue weighted by molar-refractivity contribution is -0.149. The summed E-state index contributed by atoms with van der Waals surface area (Å²) >= 11 is 0. The number of alkyl halides is 2. The van der Waals surface area contributed by atoms with Gasteiger partial charge in [-0.05, 0) is 13.0 Å². The Bertz CT molecular complexity index is 169. The highest BCUT2D eigenvalue weighted by Gasteiger charge is 2.41. The van der Waals surface area contributed by atoms with E-state index in [0.717, 1.165) is 13.0 Å². The summed E-state index contributed by atoms with van der Waals surface area (Å²) in [6.45, 7) is 2.36. The maximum absolute atomic E-state index is 11.9. The van der Waals surface area contributed by atoms with Gasteiger partial charge in [-0.1, -0.05) is 6.92 Å². The van der Waals surface area contributed by atoms with E-state index in [1.54, 1.807) is 7.11 Å². The number of ether oxygens (including phenoxy) is 2. The topological polar surface area (TPSA) is 30.5 Å². The number of methoxy groups -OCH3 is 1. The van der Waals surface area contributed by atoms with E-state index in [1.165, 1.54) is 0 Å². The van der Waals surface area contributed by atoms with Gasteiger partial charge in [0.2, 0.25) is 0 Å². The second-order valence-corrected chi connectivity index (χ2v) is 3.36. The third kappa shape index (κ3) is 2.87. The van der Waals surface area contributed by atoms with Crippen molar-refractivity contribution in [1.82, 2.24) is 5.32 Å². The summed E-state index contributed by atoms with van der Waals surface area (Å²) < 4.78 is 33.9. The SMILES string of the molecule is CCNC1CC(OCC(F)F)C1OC. The standard InChI is InChI=1S/C9H17F2NO2/c1-3-12-6-4-7(9(6)13-2)14-5-8(10)11/h6-9,12H,3-5H2,1-2H3. The first-order chi connectivity index (χ1) is 6.69. The fourth-order valence-corrected chi connectivity index (χ4v) is 1.72. The molecule has 0 bridgehead atoms. The van der Waals surface area contributed by atoms with Gasteiger partial charge in [-0.25, -0.2) is 8.78 Å². The van der Waals surface area contributed by atoms with Crippen LogP contribution in [-0.2, 0) is 9.47 Å². The Morgan fingerprint density at radius 3 is 2.71 bits per heavy atom. The van der Waals surface area contributed by atoms with Crippen LogP contribution in [0, 0.1) is 0 Å². The summed E-state index contributed by atoms with van der Waals surface area (Å²) in [5.41, 5.74) is 0. The highest BCUT2D eigenvalue weighted by Crippen LogP contribution is 2.27. The highest BCUT2D eigenvalue weighted by atomic mass is 19.3. The zero-order valence-corrected chi connectivity index (χ0v) is 8.50. The molecule has 1 rings (SSSR count). The predicted molar refractivity (Wildman–Crippen MR) is 48.6 cm³/mol. The van der Waals surface area contributed by atoms with Crippen molar-refractivity contribution >= 4 is 0 Å². The average Bonchev–Trinajstić information content (AvgIpc) is 2.10. The van der Waals surface area contributed by atoms with Gasteiger partial charge in [0.25, 0.3) is 6.43 Å². The fraction of sp³-hybridized carbons (Fsp3) is 1.00. The first-order valence-electron chi connectivity index (χ1n) is 4.85. The average molecular weight is 209 g/mol. The van der Waals surface area contributed by atoms with Crippen molar-refractivity contribution in [3.8, 4) is 0 Å². The molecule has 1 saturated carbocycles. The number of likely N-dealkylation sites (N-methyl/N-ethyl adjacent to an activating group) is 1. The molecule has 0 radical (unpaired) electrons. The molecule has 3 nitrogen and oxygen atoms in total. The van der Waals surface area contributed by atoms with Crippen LogP contribution in [0.3, 0.4) is 0 Å². The molecule has 1 aliphatic carbocycles. The summed E-state index contributed by atoms with van der Waals surface area (Å²) in [7, 11) is 1.58. The van der Waals surface area contributed by atoms with Gasteiger partial charge in [-0.3, -0.25) is 0 Å². The van der Waals surface area contributed by atoms with Crippen LogP contribution in [0.15, 0.2) is 0 Å². The molecule has 0 saturated heterocycles. The molecule has 0 aromatic rings. The lowest BCUT2D eigenvalue weighted by Crippen LogP contribution is -2.59. The van der Waals surface area contributed by atoms with Crippen LogP contribution in [-0.4, -0.2) is 44.9 Å². The zero-order chi connectivity index (χ0) is 10.6. The minimum absolute atomic E-state index is 0.0892. The Balaban J connectivity index is 2.22. The maximum atomic E-state index is 11.9. The zero-order valence-electron chi connectivity index (χ0n) is 8.50. The fourth-order valence-electron chi connectivity index (χ4n) is 1.72. The second kappa shape index (κ2) is 5.58. The Labute approximate surface area is 82.8 Å². The van der Waals surface area contributed by atoms with Crippen LogP contribution in [0.1, 0.15) is 13.3 Å². The second-order valence-electron chi connectivity index (χ2n) is 3.36. The summed E-state index contributed by atoms with van der Waals surface area (Å²) in [4.78, 5) is 0. The van der Waals surface area contributed by atoms with Gasteiger partial charge < -0.3 is 14.8 Å². The number of halogens is 2. The van der Waals surface area contributed by atoms with Crippen LogP contribution in [0.4, 0.5) is 8.78 Å². The smallest absolute Gasteiger partial charge is 0.261 e. The molecular weight excluding hydrogens is 192 g/mol. The third-order valence-corrected chi connectivity index (χ3v) is 2.42. The van der Waals surface area contributed by atoms with Crippen LogP contribution in [0.25, 0.3) is 0 Å². The van der Waals surface area contributed by atoms with Gasteiger partial charge >= 0.3 is 0 Å². The molecule has 3 atom stereocenters. The molecule has 84 valence electrons.